The summed E-state index contributed by atoms with van der Waals surface area (Å²) in [6.45, 7) is 7.36. The second kappa shape index (κ2) is 9.38. The fraction of sp³-hybridized carbons (Fsp3) is 0.480. The zero-order chi connectivity index (χ0) is 21.9. The first kappa shape index (κ1) is 21.1. The Kier molecular flexibility index (Phi) is 6.19. The lowest BCUT2D eigenvalue weighted by atomic mass is 9.94. The first-order chi connectivity index (χ1) is 15.7. The molecule has 2 fully saturated rings. The van der Waals surface area contributed by atoms with Crippen LogP contribution in [0.2, 0.25) is 0 Å². The van der Waals surface area contributed by atoms with Gasteiger partial charge in [0, 0.05) is 45.1 Å². The van der Waals surface area contributed by atoms with Crippen LogP contribution in [0.3, 0.4) is 0 Å². The molecule has 4 heterocycles. The number of benzene rings is 1. The molecule has 0 aliphatic carbocycles. The van der Waals surface area contributed by atoms with E-state index in [4.69, 9.17) is 4.74 Å². The molecule has 7 nitrogen and oxygen atoms in total. The number of pyridine rings is 1. The van der Waals surface area contributed by atoms with Crippen LogP contribution < -0.4 is 5.32 Å². The minimum absolute atomic E-state index is 0.0883. The molecule has 1 amide bonds. The molecule has 2 aliphatic rings. The third kappa shape index (κ3) is 4.40. The fourth-order valence-electron chi connectivity index (χ4n) is 5.04. The lowest BCUT2D eigenvalue weighted by Gasteiger charge is -2.23. The molecule has 0 spiro atoms. The number of nitrogens with one attached hydrogen (secondary N) is 1. The lowest BCUT2D eigenvalue weighted by Crippen LogP contribution is -2.33. The molecule has 2 saturated heterocycles. The number of rotatable bonds is 6. The second-order valence-electron chi connectivity index (χ2n) is 8.96. The molecule has 3 aromatic rings. The molecule has 1 N–H and O–H groups in total. The number of carbonyl (C=O) groups excluding carboxylic acids is 1. The summed E-state index contributed by atoms with van der Waals surface area (Å²) in [6.07, 6.45) is 6.62. The van der Waals surface area contributed by atoms with E-state index in [1.165, 1.54) is 17.5 Å². The van der Waals surface area contributed by atoms with Gasteiger partial charge in [-0.3, -0.25) is 4.79 Å². The highest BCUT2D eigenvalue weighted by atomic mass is 16.5. The van der Waals surface area contributed by atoms with Crippen molar-refractivity contribution in [2.24, 2.45) is 0 Å². The number of hydrogen-bond donors (Lipinski definition) is 1. The third-order valence-corrected chi connectivity index (χ3v) is 6.87. The summed E-state index contributed by atoms with van der Waals surface area (Å²) in [7, 11) is 0. The van der Waals surface area contributed by atoms with Gasteiger partial charge in [-0.1, -0.05) is 24.3 Å². The predicted octanol–water partition coefficient (Wildman–Crippen LogP) is 3.31. The summed E-state index contributed by atoms with van der Waals surface area (Å²) in [5.74, 6) is 0.499. The van der Waals surface area contributed by atoms with Crippen LogP contribution in [0.4, 0.5) is 0 Å². The standard InChI is InChI=1S/C25H31N5O2/c1-18-4-2-3-5-22(18)19-6-10-29(16-19)11-9-26-25(31)20-14-23-24(27-15-20)30(17-28-23)21-7-12-32-13-8-21/h2-5,14-15,17,19,21H,6-13,16H2,1H3,(H,26,31). The quantitative estimate of drug-likeness (QED) is 0.646. The third-order valence-electron chi connectivity index (χ3n) is 6.87. The van der Waals surface area contributed by atoms with Crippen LogP contribution in [0.1, 0.15) is 52.7 Å². The Hall–Kier alpha value is -2.77. The van der Waals surface area contributed by atoms with Crippen molar-refractivity contribution in [1.29, 1.82) is 0 Å². The van der Waals surface area contributed by atoms with Crippen LogP contribution in [0.5, 0.6) is 0 Å². The average Bonchev–Trinajstić information content (AvgIpc) is 3.46. The number of aromatic nitrogens is 3. The minimum Gasteiger partial charge on any atom is -0.381 e. The Labute approximate surface area is 188 Å². The summed E-state index contributed by atoms with van der Waals surface area (Å²) in [5, 5.41) is 3.05. The van der Waals surface area contributed by atoms with E-state index in [0.29, 0.717) is 24.1 Å². The minimum atomic E-state index is -0.0883. The fourth-order valence-corrected chi connectivity index (χ4v) is 5.04. The number of aryl methyl sites for hydroxylation is 1. The monoisotopic (exact) mass is 433 g/mol. The summed E-state index contributed by atoms with van der Waals surface area (Å²) in [5.41, 5.74) is 5.00. The van der Waals surface area contributed by atoms with Crippen molar-refractivity contribution in [2.75, 3.05) is 39.4 Å². The number of ether oxygens (including phenoxy) is 1. The summed E-state index contributed by atoms with van der Waals surface area (Å²) >= 11 is 0. The van der Waals surface area contributed by atoms with Crippen LogP contribution in [0.15, 0.2) is 42.9 Å². The van der Waals surface area contributed by atoms with Gasteiger partial charge in [-0.05, 0) is 55.8 Å². The van der Waals surface area contributed by atoms with Crippen LogP contribution in [0.25, 0.3) is 11.2 Å². The largest absolute Gasteiger partial charge is 0.381 e. The van der Waals surface area contributed by atoms with Gasteiger partial charge in [0.1, 0.15) is 5.52 Å². The second-order valence-corrected chi connectivity index (χ2v) is 8.96. The first-order valence-electron chi connectivity index (χ1n) is 11.7. The zero-order valence-corrected chi connectivity index (χ0v) is 18.7. The highest BCUT2D eigenvalue weighted by molar-refractivity contribution is 5.96. The van der Waals surface area contributed by atoms with Gasteiger partial charge >= 0.3 is 0 Å². The van der Waals surface area contributed by atoms with Crippen LogP contribution >= 0.6 is 0 Å². The van der Waals surface area contributed by atoms with E-state index in [9.17, 15) is 4.79 Å². The Bertz CT molecular complexity index is 1090. The van der Waals surface area contributed by atoms with Gasteiger partial charge < -0.3 is 19.5 Å². The molecular formula is C25H31N5O2. The van der Waals surface area contributed by atoms with E-state index in [0.717, 1.165) is 56.9 Å². The smallest absolute Gasteiger partial charge is 0.252 e. The molecule has 5 rings (SSSR count). The van der Waals surface area contributed by atoms with Crippen molar-refractivity contribution >= 4 is 17.1 Å². The number of likely N-dealkylation sites (tertiary alicyclic amines) is 1. The molecular weight excluding hydrogens is 402 g/mol. The molecule has 1 aromatic carbocycles. The van der Waals surface area contributed by atoms with Gasteiger partial charge in [0.25, 0.3) is 5.91 Å². The number of carbonyl (C=O) groups is 1. The highest BCUT2D eigenvalue weighted by Crippen LogP contribution is 2.29. The summed E-state index contributed by atoms with van der Waals surface area (Å²) in [6, 6.07) is 10.9. The number of hydrogen-bond acceptors (Lipinski definition) is 5. The molecule has 0 bridgehead atoms. The Morgan fingerprint density at radius 3 is 2.88 bits per heavy atom. The lowest BCUT2D eigenvalue weighted by molar-refractivity contribution is 0.0704. The summed E-state index contributed by atoms with van der Waals surface area (Å²) in [4.78, 5) is 24.2. The van der Waals surface area contributed by atoms with E-state index < -0.39 is 0 Å². The van der Waals surface area contributed by atoms with Gasteiger partial charge in [-0.2, -0.15) is 0 Å². The maximum Gasteiger partial charge on any atom is 0.252 e. The number of fused-ring (bicyclic) bond motifs is 1. The van der Waals surface area contributed by atoms with Crippen molar-refractivity contribution in [3.63, 3.8) is 0 Å². The van der Waals surface area contributed by atoms with E-state index >= 15 is 0 Å². The topological polar surface area (TPSA) is 72.3 Å². The van der Waals surface area contributed by atoms with Crippen molar-refractivity contribution in [3.8, 4) is 0 Å². The van der Waals surface area contributed by atoms with E-state index in [-0.39, 0.29) is 5.91 Å². The predicted molar refractivity (Wildman–Crippen MR) is 124 cm³/mol. The SMILES string of the molecule is Cc1ccccc1C1CCN(CCNC(=O)c2cnc3c(c2)ncn3C2CCOCC2)C1. The van der Waals surface area contributed by atoms with Gasteiger partial charge in [0.2, 0.25) is 0 Å². The van der Waals surface area contributed by atoms with Gasteiger partial charge in [-0.25, -0.2) is 9.97 Å². The molecule has 7 heteroatoms. The van der Waals surface area contributed by atoms with Crippen molar-refractivity contribution in [3.05, 3.63) is 59.5 Å². The van der Waals surface area contributed by atoms with Crippen LogP contribution in [-0.4, -0.2) is 64.7 Å². The normalized spacial score (nSPS) is 20.1. The molecule has 32 heavy (non-hydrogen) atoms. The molecule has 2 aromatic heterocycles. The molecule has 168 valence electrons. The maximum absolute atomic E-state index is 12.7. The van der Waals surface area contributed by atoms with Crippen molar-refractivity contribution in [1.82, 2.24) is 24.8 Å². The highest BCUT2D eigenvalue weighted by Gasteiger charge is 2.24. The van der Waals surface area contributed by atoms with Crippen LogP contribution in [-0.2, 0) is 4.74 Å². The van der Waals surface area contributed by atoms with Crippen molar-refractivity contribution in [2.45, 2.75) is 38.1 Å². The molecule has 2 aliphatic heterocycles. The van der Waals surface area contributed by atoms with Crippen LogP contribution in [0, 0.1) is 6.92 Å². The number of nitrogens with zero attached hydrogens (tertiary/aromatic N) is 4. The van der Waals surface area contributed by atoms with Gasteiger partial charge in [0.15, 0.2) is 5.65 Å². The van der Waals surface area contributed by atoms with Gasteiger partial charge in [0.05, 0.1) is 11.9 Å². The summed E-state index contributed by atoms with van der Waals surface area (Å²) < 4.78 is 7.58. The van der Waals surface area contributed by atoms with Gasteiger partial charge in [-0.15, -0.1) is 0 Å². The molecule has 0 radical (unpaired) electrons. The molecule has 0 saturated carbocycles. The average molecular weight is 434 g/mol. The Morgan fingerprint density at radius 1 is 1.19 bits per heavy atom. The molecule has 1 atom stereocenters. The van der Waals surface area contributed by atoms with E-state index in [2.05, 4.69) is 55.9 Å². The van der Waals surface area contributed by atoms with E-state index in [1.807, 2.05) is 12.4 Å². The number of amides is 1. The Morgan fingerprint density at radius 2 is 2.03 bits per heavy atom. The van der Waals surface area contributed by atoms with E-state index in [1.54, 1.807) is 6.20 Å². The first-order valence-corrected chi connectivity index (χ1v) is 11.7. The van der Waals surface area contributed by atoms with Crippen molar-refractivity contribution < 1.29 is 9.53 Å². The Balaban J connectivity index is 1.15. The zero-order valence-electron chi connectivity index (χ0n) is 18.7. The number of imidazole rings is 1. The maximum atomic E-state index is 12.7. The molecule has 1 unspecified atom stereocenters.